The van der Waals surface area contributed by atoms with Crippen LogP contribution in [-0.2, 0) is 0 Å². The Kier molecular flexibility index (Phi) is 5.16. The van der Waals surface area contributed by atoms with Crippen molar-refractivity contribution >= 4 is 21.6 Å². The molecule has 0 aliphatic rings. The molecule has 0 saturated carbocycles. The third-order valence-electron chi connectivity index (χ3n) is 2.62. The van der Waals surface area contributed by atoms with Crippen molar-refractivity contribution in [2.24, 2.45) is 0 Å². The molecule has 0 heterocycles. The molecular formula is C15H14BrNO4. The molecule has 0 aliphatic carbocycles. The smallest absolute Gasteiger partial charge is 0.311 e. The SMILES string of the molecule is CCCOc1cc(Oc2cccc(Br)c2)ccc1[N+](=O)[O-]. The number of nitro benzene ring substituents is 1. The predicted molar refractivity (Wildman–Crippen MR) is 83.1 cm³/mol. The third-order valence-corrected chi connectivity index (χ3v) is 3.11. The van der Waals surface area contributed by atoms with E-state index in [4.69, 9.17) is 9.47 Å². The first-order valence-corrected chi connectivity index (χ1v) is 7.24. The van der Waals surface area contributed by atoms with E-state index in [9.17, 15) is 10.1 Å². The zero-order valence-corrected chi connectivity index (χ0v) is 13.0. The van der Waals surface area contributed by atoms with Crippen molar-refractivity contribution in [1.29, 1.82) is 0 Å². The molecule has 0 aromatic heterocycles. The number of halogens is 1. The highest BCUT2D eigenvalue weighted by molar-refractivity contribution is 9.10. The van der Waals surface area contributed by atoms with Crippen LogP contribution in [0.4, 0.5) is 5.69 Å². The van der Waals surface area contributed by atoms with E-state index in [1.54, 1.807) is 12.1 Å². The number of hydrogen-bond donors (Lipinski definition) is 0. The fourth-order valence-electron chi connectivity index (χ4n) is 1.70. The number of ether oxygens (including phenoxy) is 2. The van der Waals surface area contributed by atoms with E-state index < -0.39 is 4.92 Å². The molecule has 0 N–H and O–H groups in total. The molecule has 2 rings (SSSR count). The Morgan fingerprint density at radius 1 is 1.19 bits per heavy atom. The Morgan fingerprint density at radius 3 is 2.62 bits per heavy atom. The first kappa shape index (κ1) is 15.3. The van der Waals surface area contributed by atoms with Crippen molar-refractivity contribution in [3.05, 3.63) is 57.1 Å². The second-order valence-electron chi connectivity index (χ2n) is 4.29. The van der Waals surface area contributed by atoms with Crippen LogP contribution in [0.3, 0.4) is 0 Å². The van der Waals surface area contributed by atoms with Gasteiger partial charge in [0, 0.05) is 16.6 Å². The van der Waals surface area contributed by atoms with Crippen LogP contribution in [0.2, 0.25) is 0 Å². The van der Waals surface area contributed by atoms with Crippen LogP contribution in [-0.4, -0.2) is 11.5 Å². The van der Waals surface area contributed by atoms with E-state index in [0.717, 1.165) is 10.9 Å². The molecule has 0 aliphatic heterocycles. The highest BCUT2D eigenvalue weighted by Gasteiger charge is 2.16. The summed E-state index contributed by atoms with van der Waals surface area (Å²) in [5.41, 5.74) is -0.0648. The molecule has 21 heavy (non-hydrogen) atoms. The minimum atomic E-state index is -0.464. The van der Waals surface area contributed by atoms with Gasteiger partial charge in [-0.1, -0.05) is 28.9 Å². The molecular weight excluding hydrogens is 338 g/mol. The molecule has 0 bridgehead atoms. The summed E-state index contributed by atoms with van der Waals surface area (Å²) in [5.74, 6) is 1.35. The van der Waals surface area contributed by atoms with E-state index in [-0.39, 0.29) is 11.4 Å². The second kappa shape index (κ2) is 7.08. The molecule has 0 radical (unpaired) electrons. The van der Waals surface area contributed by atoms with E-state index in [0.29, 0.717) is 18.1 Å². The van der Waals surface area contributed by atoms with Crippen LogP contribution < -0.4 is 9.47 Å². The third kappa shape index (κ3) is 4.19. The lowest BCUT2D eigenvalue weighted by atomic mass is 10.2. The number of rotatable bonds is 6. The lowest BCUT2D eigenvalue weighted by Gasteiger charge is -2.09. The lowest BCUT2D eigenvalue weighted by molar-refractivity contribution is -0.385. The molecule has 0 unspecified atom stereocenters. The van der Waals surface area contributed by atoms with Crippen LogP contribution >= 0.6 is 15.9 Å². The van der Waals surface area contributed by atoms with Crippen LogP contribution in [0.5, 0.6) is 17.2 Å². The Bertz CT molecular complexity index is 645. The highest BCUT2D eigenvalue weighted by Crippen LogP contribution is 2.33. The van der Waals surface area contributed by atoms with Gasteiger partial charge in [-0.25, -0.2) is 0 Å². The van der Waals surface area contributed by atoms with Crippen LogP contribution in [0.1, 0.15) is 13.3 Å². The van der Waals surface area contributed by atoms with Crippen LogP contribution in [0, 0.1) is 10.1 Å². The molecule has 6 heteroatoms. The lowest BCUT2D eigenvalue weighted by Crippen LogP contribution is -1.99. The Morgan fingerprint density at radius 2 is 1.95 bits per heavy atom. The fourth-order valence-corrected chi connectivity index (χ4v) is 2.08. The van der Waals surface area contributed by atoms with Gasteiger partial charge in [-0.15, -0.1) is 0 Å². The standard InChI is InChI=1S/C15H14BrNO4/c1-2-8-20-15-10-13(6-7-14(15)17(18)19)21-12-5-3-4-11(16)9-12/h3-7,9-10H,2,8H2,1H3. The number of hydrogen-bond acceptors (Lipinski definition) is 4. The van der Waals surface area contributed by atoms with Gasteiger partial charge in [-0.2, -0.15) is 0 Å². The van der Waals surface area contributed by atoms with Gasteiger partial charge < -0.3 is 9.47 Å². The molecule has 0 spiro atoms. The predicted octanol–water partition coefficient (Wildman–Crippen LogP) is 4.94. The van der Waals surface area contributed by atoms with Gasteiger partial charge in [-0.3, -0.25) is 10.1 Å². The zero-order valence-electron chi connectivity index (χ0n) is 11.4. The van der Waals surface area contributed by atoms with Gasteiger partial charge in [-0.05, 0) is 30.7 Å². The minimum Gasteiger partial charge on any atom is -0.487 e. The maximum absolute atomic E-state index is 11.0. The summed E-state index contributed by atoms with van der Waals surface area (Å²) >= 11 is 3.36. The maximum atomic E-state index is 11.0. The van der Waals surface area contributed by atoms with Crippen molar-refractivity contribution in [3.63, 3.8) is 0 Å². The van der Waals surface area contributed by atoms with Gasteiger partial charge in [0.25, 0.3) is 0 Å². The van der Waals surface area contributed by atoms with Gasteiger partial charge >= 0.3 is 5.69 Å². The molecule has 2 aromatic carbocycles. The van der Waals surface area contributed by atoms with Gasteiger partial charge in [0.1, 0.15) is 11.5 Å². The monoisotopic (exact) mass is 351 g/mol. The van der Waals surface area contributed by atoms with Gasteiger partial charge in [0.05, 0.1) is 11.5 Å². The number of nitrogens with zero attached hydrogens (tertiary/aromatic N) is 1. The molecule has 2 aromatic rings. The first-order valence-electron chi connectivity index (χ1n) is 6.45. The molecule has 0 atom stereocenters. The molecule has 0 fully saturated rings. The number of benzene rings is 2. The van der Waals surface area contributed by atoms with Crippen molar-refractivity contribution in [2.45, 2.75) is 13.3 Å². The largest absolute Gasteiger partial charge is 0.487 e. The minimum absolute atomic E-state index is 0.0648. The summed E-state index contributed by atoms with van der Waals surface area (Å²) in [5, 5.41) is 11.0. The first-order chi connectivity index (χ1) is 10.1. The average Bonchev–Trinajstić information content (AvgIpc) is 2.45. The van der Waals surface area contributed by atoms with Crippen molar-refractivity contribution in [1.82, 2.24) is 0 Å². The summed E-state index contributed by atoms with van der Waals surface area (Å²) in [6.07, 6.45) is 0.772. The van der Waals surface area contributed by atoms with E-state index in [1.807, 2.05) is 25.1 Å². The van der Waals surface area contributed by atoms with Crippen molar-refractivity contribution in [2.75, 3.05) is 6.61 Å². The van der Waals surface area contributed by atoms with Gasteiger partial charge in [0.2, 0.25) is 5.75 Å². The maximum Gasteiger partial charge on any atom is 0.311 e. The van der Waals surface area contributed by atoms with Crippen molar-refractivity contribution in [3.8, 4) is 17.2 Å². The Hall–Kier alpha value is -2.08. The summed E-state index contributed by atoms with van der Waals surface area (Å²) in [6.45, 7) is 2.36. The molecule has 0 saturated heterocycles. The molecule has 5 nitrogen and oxygen atoms in total. The Balaban J connectivity index is 2.26. The van der Waals surface area contributed by atoms with Crippen LogP contribution in [0.15, 0.2) is 46.9 Å². The molecule has 110 valence electrons. The Labute approximate surface area is 130 Å². The summed E-state index contributed by atoms with van der Waals surface area (Å²) in [7, 11) is 0. The van der Waals surface area contributed by atoms with Crippen molar-refractivity contribution < 1.29 is 14.4 Å². The number of nitro groups is 1. The topological polar surface area (TPSA) is 61.6 Å². The van der Waals surface area contributed by atoms with E-state index in [2.05, 4.69) is 15.9 Å². The van der Waals surface area contributed by atoms with E-state index in [1.165, 1.54) is 12.1 Å². The van der Waals surface area contributed by atoms with Crippen LogP contribution in [0.25, 0.3) is 0 Å². The quantitative estimate of drug-likeness (QED) is 0.546. The van der Waals surface area contributed by atoms with E-state index >= 15 is 0 Å². The fraction of sp³-hybridized carbons (Fsp3) is 0.200. The highest BCUT2D eigenvalue weighted by atomic mass is 79.9. The summed E-state index contributed by atoms with van der Waals surface area (Å²) < 4.78 is 12.0. The summed E-state index contributed by atoms with van der Waals surface area (Å²) in [6, 6.07) is 11.8. The van der Waals surface area contributed by atoms with Gasteiger partial charge in [0.15, 0.2) is 0 Å². The summed E-state index contributed by atoms with van der Waals surface area (Å²) in [4.78, 5) is 10.5. The second-order valence-corrected chi connectivity index (χ2v) is 5.21. The normalized spacial score (nSPS) is 10.2. The molecule has 0 amide bonds. The average molecular weight is 352 g/mol. The zero-order chi connectivity index (χ0) is 15.2.